The highest BCUT2D eigenvalue weighted by Gasteiger charge is 2.47. The molecule has 0 aliphatic rings. The summed E-state index contributed by atoms with van der Waals surface area (Å²) in [5.74, 6) is 0. The van der Waals surface area contributed by atoms with Crippen LogP contribution in [-0.4, -0.2) is 24.6 Å². The first-order chi connectivity index (χ1) is 7.62. The van der Waals surface area contributed by atoms with Gasteiger partial charge in [-0.05, 0) is 0 Å². The largest absolute Gasteiger partial charge is 0.414 e. The highest BCUT2D eigenvalue weighted by atomic mass is 19.4. The van der Waals surface area contributed by atoms with Crippen LogP contribution in [0.5, 0.6) is 0 Å². The van der Waals surface area contributed by atoms with Crippen molar-refractivity contribution >= 4 is 0 Å². The van der Waals surface area contributed by atoms with Crippen LogP contribution < -0.4 is 0 Å². The van der Waals surface area contributed by atoms with Crippen molar-refractivity contribution in [2.24, 2.45) is 0 Å². The summed E-state index contributed by atoms with van der Waals surface area (Å²) >= 11 is 0. The molecule has 0 rings (SSSR count). The van der Waals surface area contributed by atoms with Crippen molar-refractivity contribution in [1.82, 2.24) is 0 Å². The van der Waals surface area contributed by atoms with Gasteiger partial charge < -0.3 is 4.74 Å². The zero-order valence-electron chi connectivity index (χ0n) is 8.81. The molecule has 7 heteroatoms. The summed E-state index contributed by atoms with van der Waals surface area (Å²) in [5, 5.41) is 0. The van der Waals surface area contributed by atoms with Gasteiger partial charge in [0.25, 0.3) is 0 Å². The number of alkyl halides is 6. The van der Waals surface area contributed by atoms with Crippen molar-refractivity contribution in [1.29, 1.82) is 0 Å². The molecular formula is C10H12F6O. The highest BCUT2D eigenvalue weighted by molar-refractivity contribution is 4.84. The first-order valence-electron chi connectivity index (χ1n) is 4.63. The molecule has 17 heavy (non-hydrogen) atoms. The van der Waals surface area contributed by atoms with Crippen LogP contribution in [0.15, 0.2) is 25.3 Å². The number of hydrogen-bond donors (Lipinski definition) is 0. The Bertz CT molecular complexity index is 229. The lowest BCUT2D eigenvalue weighted by Gasteiger charge is -2.26. The van der Waals surface area contributed by atoms with E-state index in [0.29, 0.717) is 0 Å². The van der Waals surface area contributed by atoms with E-state index in [4.69, 9.17) is 0 Å². The Labute approximate surface area is 94.8 Å². The molecule has 0 saturated carbocycles. The molecule has 0 bridgehead atoms. The third kappa shape index (κ3) is 5.76. The van der Waals surface area contributed by atoms with Crippen molar-refractivity contribution < 1.29 is 31.1 Å². The number of halogens is 6. The van der Waals surface area contributed by atoms with Crippen molar-refractivity contribution in [3.63, 3.8) is 0 Å². The van der Waals surface area contributed by atoms with Gasteiger partial charge in [-0.1, -0.05) is 12.2 Å². The fourth-order valence-electron chi connectivity index (χ4n) is 1.03. The summed E-state index contributed by atoms with van der Waals surface area (Å²) in [5.41, 5.74) is 0. The summed E-state index contributed by atoms with van der Waals surface area (Å²) < 4.78 is 78.0. The molecule has 0 aliphatic carbocycles. The van der Waals surface area contributed by atoms with Gasteiger partial charge in [-0.2, -0.15) is 26.3 Å². The zero-order chi connectivity index (χ0) is 13.7. The Balaban J connectivity index is 4.80. The van der Waals surface area contributed by atoms with Crippen LogP contribution in [0.2, 0.25) is 0 Å². The van der Waals surface area contributed by atoms with Gasteiger partial charge in [0.15, 0.2) is 12.2 Å². The molecule has 0 aromatic rings. The quantitative estimate of drug-likeness (QED) is 0.519. The minimum Gasteiger partial charge on any atom is -0.355 e. The van der Waals surface area contributed by atoms with E-state index in [2.05, 4.69) is 17.9 Å². The van der Waals surface area contributed by atoms with Crippen LogP contribution in [0.3, 0.4) is 0 Å². The van der Waals surface area contributed by atoms with E-state index in [0.717, 1.165) is 12.2 Å². The Morgan fingerprint density at radius 3 is 1.29 bits per heavy atom. The molecule has 0 fully saturated rings. The third-order valence-corrected chi connectivity index (χ3v) is 1.82. The molecule has 0 aromatic heterocycles. The highest BCUT2D eigenvalue weighted by Crippen LogP contribution is 2.32. The Kier molecular flexibility index (Phi) is 5.74. The second-order valence-corrected chi connectivity index (χ2v) is 3.25. The average molecular weight is 262 g/mol. The van der Waals surface area contributed by atoms with Crippen molar-refractivity contribution in [3.05, 3.63) is 25.3 Å². The van der Waals surface area contributed by atoms with E-state index in [1.165, 1.54) is 0 Å². The Hall–Kier alpha value is -0.980. The molecule has 0 heterocycles. The predicted molar refractivity (Wildman–Crippen MR) is 50.4 cm³/mol. The maximum absolute atomic E-state index is 12.3. The second-order valence-electron chi connectivity index (χ2n) is 3.25. The molecule has 0 aliphatic heterocycles. The molecule has 0 N–H and O–H groups in total. The zero-order valence-corrected chi connectivity index (χ0v) is 8.81. The van der Waals surface area contributed by atoms with Crippen LogP contribution in [-0.2, 0) is 4.74 Å². The summed E-state index contributed by atoms with van der Waals surface area (Å²) in [6.07, 6.45) is -14.5. The molecule has 2 atom stereocenters. The summed E-state index contributed by atoms with van der Waals surface area (Å²) in [6, 6.07) is 0. The molecule has 0 radical (unpaired) electrons. The fraction of sp³-hybridized carbons (Fsp3) is 0.600. The van der Waals surface area contributed by atoms with Crippen molar-refractivity contribution in [2.75, 3.05) is 0 Å². The van der Waals surface area contributed by atoms with Crippen LogP contribution in [0.1, 0.15) is 12.8 Å². The van der Waals surface area contributed by atoms with Crippen LogP contribution >= 0.6 is 0 Å². The monoisotopic (exact) mass is 262 g/mol. The normalized spacial score (nSPS) is 16.4. The molecule has 0 saturated heterocycles. The summed E-state index contributed by atoms with van der Waals surface area (Å²) in [4.78, 5) is 0. The van der Waals surface area contributed by atoms with Gasteiger partial charge in [-0.15, -0.1) is 13.2 Å². The minimum absolute atomic E-state index is 0.729. The lowest BCUT2D eigenvalue weighted by atomic mass is 10.2. The molecule has 0 spiro atoms. The SMILES string of the molecule is C=CCC(OC(CC=C)C(F)(F)F)C(F)(F)F. The van der Waals surface area contributed by atoms with Gasteiger partial charge in [0.1, 0.15) is 0 Å². The Morgan fingerprint density at radius 2 is 1.12 bits per heavy atom. The lowest BCUT2D eigenvalue weighted by molar-refractivity contribution is -0.283. The van der Waals surface area contributed by atoms with Crippen LogP contribution in [0.4, 0.5) is 26.3 Å². The topological polar surface area (TPSA) is 9.23 Å². The number of hydrogen-bond acceptors (Lipinski definition) is 1. The Morgan fingerprint density at radius 1 is 0.824 bits per heavy atom. The van der Waals surface area contributed by atoms with E-state index in [9.17, 15) is 26.3 Å². The maximum atomic E-state index is 12.3. The van der Waals surface area contributed by atoms with E-state index >= 15 is 0 Å². The average Bonchev–Trinajstić information content (AvgIpc) is 2.12. The van der Waals surface area contributed by atoms with E-state index < -0.39 is 37.4 Å². The minimum atomic E-state index is -4.86. The van der Waals surface area contributed by atoms with Crippen molar-refractivity contribution in [2.45, 2.75) is 37.4 Å². The smallest absolute Gasteiger partial charge is 0.355 e. The maximum Gasteiger partial charge on any atom is 0.414 e. The molecule has 2 unspecified atom stereocenters. The van der Waals surface area contributed by atoms with Crippen molar-refractivity contribution in [3.8, 4) is 0 Å². The van der Waals surface area contributed by atoms with Gasteiger partial charge in [-0.25, -0.2) is 0 Å². The van der Waals surface area contributed by atoms with Crippen LogP contribution in [0, 0.1) is 0 Å². The van der Waals surface area contributed by atoms with E-state index in [1.54, 1.807) is 0 Å². The number of ether oxygens (including phenoxy) is 1. The molecule has 0 amide bonds. The van der Waals surface area contributed by atoms with Gasteiger partial charge in [0, 0.05) is 12.8 Å². The second kappa shape index (κ2) is 6.09. The summed E-state index contributed by atoms with van der Waals surface area (Å²) in [6.45, 7) is 6.10. The molecule has 1 nitrogen and oxygen atoms in total. The van der Waals surface area contributed by atoms with E-state index in [1.807, 2.05) is 0 Å². The van der Waals surface area contributed by atoms with Gasteiger partial charge in [0.05, 0.1) is 0 Å². The molecule has 0 aromatic carbocycles. The number of rotatable bonds is 6. The van der Waals surface area contributed by atoms with Crippen LogP contribution in [0.25, 0.3) is 0 Å². The van der Waals surface area contributed by atoms with E-state index in [-0.39, 0.29) is 0 Å². The standard InChI is InChI=1S/C10H12F6O/c1-3-5-7(9(11,12)13)17-8(6-4-2)10(14,15)16/h3-4,7-8H,1-2,5-6H2. The fourth-order valence-corrected chi connectivity index (χ4v) is 1.03. The molecule has 100 valence electrons. The first kappa shape index (κ1) is 16.0. The lowest BCUT2D eigenvalue weighted by Crippen LogP contribution is -2.41. The van der Waals surface area contributed by atoms with Gasteiger partial charge in [0.2, 0.25) is 0 Å². The third-order valence-electron chi connectivity index (χ3n) is 1.82. The summed E-state index contributed by atoms with van der Waals surface area (Å²) in [7, 11) is 0. The molecular weight excluding hydrogens is 250 g/mol. The van der Waals surface area contributed by atoms with Gasteiger partial charge in [-0.3, -0.25) is 0 Å². The predicted octanol–water partition coefficient (Wildman–Crippen LogP) is 4.02. The first-order valence-corrected chi connectivity index (χ1v) is 4.63. The van der Waals surface area contributed by atoms with Gasteiger partial charge >= 0.3 is 12.4 Å².